The maximum atomic E-state index is 11.2. The van der Waals surface area contributed by atoms with Gasteiger partial charge in [0.05, 0.1) is 11.6 Å². The van der Waals surface area contributed by atoms with Crippen LogP contribution in [0, 0.1) is 0 Å². The molecule has 0 saturated carbocycles. The second-order valence-electron chi connectivity index (χ2n) is 3.55. The van der Waals surface area contributed by atoms with Crippen molar-refractivity contribution in [2.45, 2.75) is 38.8 Å². The topological polar surface area (TPSA) is 58.2 Å². The molecule has 0 radical (unpaired) electrons. The molecule has 0 aromatic heterocycles. The van der Waals surface area contributed by atoms with Gasteiger partial charge in [0.2, 0.25) is 11.8 Å². The number of nitrogens with one attached hydrogen (secondary N) is 2. The molecule has 0 aromatic rings. The van der Waals surface area contributed by atoms with E-state index in [0.29, 0.717) is 6.42 Å². The number of hydrogen-bond donors (Lipinski definition) is 2. The van der Waals surface area contributed by atoms with Crippen LogP contribution in [0.2, 0.25) is 0 Å². The van der Waals surface area contributed by atoms with Gasteiger partial charge in [0, 0.05) is 0 Å². The molecular weight excluding hydrogens is 156 g/mol. The van der Waals surface area contributed by atoms with Gasteiger partial charge in [-0.05, 0) is 20.3 Å². The van der Waals surface area contributed by atoms with Gasteiger partial charge in [-0.25, -0.2) is 0 Å². The smallest absolute Gasteiger partial charge is 0.246 e. The Morgan fingerprint density at radius 3 is 2.50 bits per heavy atom. The number of amides is 2. The van der Waals surface area contributed by atoms with Crippen LogP contribution in [0.5, 0.6) is 0 Å². The molecule has 0 aliphatic carbocycles. The highest BCUT2D eigenvalue weighted by atomic mass is 16.2. The van der Waals surface area contributed by atoms with Gasteiger partial charge < -0.3 is 0 Å². The van der Waals surface area contributed by atoms with E-state index in [4.69, 9.17) is 0 Å². The molecule has 0 bridgehead atoms. The first kappa shape index (κ1) is 9.19. The van der Waals surface area contributed by atoms with Gasteiger partial charge in [0.1, 0.15) is 0 Å². The van der Waals surface area contributed by atoms with E-state index in [-0.39, 0.29) is 17.9 Å². The highest BCUT2D eigenvalue weighted by Gasteiger charge is 2.38. The summed E-state index contributed by atoms with van der Waals surface area (Å²) < 4.78 is 0. The van der Waals surface area contributed by atoms with Crippen LogP contribution in [0.4, 0.5) is 0 Å². The molecule has 1 heterocycles. The van der Waals surface area contributed by atoms with Crippen LogP contribution >= 0.6 is 0 Å². The molecule has 1 rings (SSSR count). The average molecular weight is 170 g/mol. The number of rotatable bonds is 1. The van der Waals surface area contributed by atoms with Crippen LogP contribution in [-0.4, -0.2) is 23.4 Å². The van der Waals surface area contributed by atoms with E-state index in [1.165, 1.54) is 0 Å². The molecular formula is C8H14N2O2. The summed E-state index contributed by atoms with van der Waals surface area (Å²) in [6.45, 7) is 5.43. The second kappa shape index (κ2) is 2.86. The lowest BCUT2D eigenvalue weighted by Gasteiger charge is -2.34. The van der Waals surface area contributed by atoms with Crippen molar-refractivity contribution in [3.63, 3.8) is 0 Å². The third-order valence-corrected chi connectivity index (χ3v) is 2.06. The largest absolute Gasteiger partial charge is 0.293 e. The van der Waals surface area contributed by atoms with E-state index >= 15 is 0 Å². The Balaban J connectivity index is 2.77. The number of hydrogen-bond acceptors (Lipinski definition) is 3. The molecule has 1 aliphatic rings. The maximum Gasteiger partial charge on any atom is 0.246 e. The maximum absolute atomic E-state index is 11.2. The van der Waals surface area contributed by atoms with Gasteiger partial charge in [-0.15, -0.1) is 0 Å². The summed E-state index contributed by atoms with van der Waals surface area (Å²) in [7, 11) is 0. The van der Waals surface area contributed by atoms with E-state index in [0.717, 1.165) is 0 Å². The minimum Gasteiger partial charge on any atom is -0.293 e. The number of imide groups is 1. The fraction of sp³-hybridized carbons (Fsp3) is 0.750. The Bertz CT molecular complexity index is 223. The molecule has 68 valence electrons. The van der Waals surface area contributed by atoms with Gasteiger partial charge in [-0.1, -0.05) is 6.92 Å². The van der Waals surface area contributed by atoms with Gasteiger partial charge >= 0.3 is 0 Å². The SMILES string of the molecule is CC[C@H]1NC(C)(C)C(=O)NC1=O. The van der Waals surface area contributed by atoms with Crippen molar-refractivity contribution in [2.75, 3.05) is 0 Å². The summed E-state index contributed by atoms with van der Waals surface area (Å²) in [5.74, 6) is -0.473. The quantitative estimate of drug-likeness (QED) is 0.535. The van der Waals surface area contributed by atoms with Gasteiger partial charge in [0.25, 0.3) is 0 Å². The summed E-state index contributed by atoms with van der Waals surface area (Å²) >= 11 is 0. The lowest BCUT2D eigenvalue weighted by molar-refractivity contribution is -0.139. The molecule has 1 saturated heterocycles. The molecule has 4 nitrogen and oxygen atoms in total. The zero-order chi connectivity index (χ0) is 9.35. The van der Waals surface area contributed by atoms with Crippen LogP contribution in [0.3, 0.4) is 0 Å². The van der Waals surface area contributed by atoms with Gasteiger partial charge in [-0.3, -0.25) is 20.2 Å². The van der Waals surface area contributed by atoms with Crippen LogP contribution in [0.25, 0.3) is 0 Å². The first-order valence-electron chi connectivity index (χ1n) is 4.10. The Morgan fingerprint density at radius 1 is 1.42 bits per heavy atom. The standard InChI is InChI=1S/C8H14N2O2/c1-4-5-6(11)9-7(12)8(2,3)10-5/h5,10H,4H2,1-3H3,(H,9,11,12)/t5-/m1/s1. The zero-order valence-electron chi connectivity index (χ0n) is 7.60. The van der Waals surface area contributed by atoms with Gasteiger partial charge in [0.15, 0.2) is 0 Å². The van der Waals surface area contributed by atoms with E-state index in [9.17, 15) is 9.59 Å². The second-order valence-corrected chi connectivity index (χ2v) is 3.55. The van der Waals surface area contributed by atoms with Crippen molar-refractivity contribution in [1.29, 1.82) is 0 Å². The molecule has 1 atom stereocenters. The molecule has 1 fully saturated rings. The zero-order valence-corrected chi connectivity index (χ0v) is 7.60. The normalized spacial score (nSPS) is 28.4. The molecule has 0 spiro atoms. The first-order chi connectivity index (χ1) is 5.47. The van der Waals surface area contributed by atoms with Crippen LogP contribution in [0.15, 0.2) is 0 Å². The van der Waals surface area contributed by atoms with E-state index in [1.54, 1.807) is 13.8 Å². The van der Waals surface area contributed by atoms with E-state index in [2.05, 4.69) is 10.6 Å². The lowest BCUT2D eigenvalue weighted by atomic mass is 9.98. The predicted octanol–water partition coefficient (Wildman–Crippen LogP) is -0.210. The third-order valence-electron chi connectivity index (χ3n) is 2.06. The molecule has 4 heteroatoms. The van der Waals surface area contributed by atoms with Gasteiger partial charge in [-0.2, -0.15) is 0 Å². The Kier molecular flexibility index (Phi) is 2.19. The molecule has 12 heavy (non-hydrogen) atoms. The fourth-order valence-electron chi connectivity index (χ4n) is 1.21. The van der Waals surface area contributed by atoms with Crippen molar-refractivity contribution in [3.8, 4) is 0 Å². The minimum atomic E-state index is -0.630. The highest BCUT2D eigenvalue weighted by Crippen LogP contribution is 2.10. The monoisotopic (exact) mass is 170 g/mol. The van der Waals surface area contributed by atoms with Crippen LogP contribution in [0.1, 0.15) is 27.2 Å². The summed E-state index contributed by atoms with van der Waals surface area (Å²) in [5.41, 5.74) is -0.630. The number of carbonyl (C=O) groups is 2. The van der Waals surface area contributed by atoms with Crippen molar-refractivity contribution in [3.05, 3.63) is 0 Å². The van der Waals surface area contributed by atoms with Crippen LogP contribution in [-0.2, 0) is 9.59 Å². The molecule has 2 N–H and O–H groups in total. The highest BCUT2D eigenvalue weighted by molar-refractivity contribution is 6.04. The summed E-state index contributed by atoms with van der Waals surface area (Å²) in [6.07, 6.45) is 0.697. The summed E-state index contributed by atoms with van der Waals surface area (Å²) in [4.78, 5) is 22.3. The molecule has 2 amide bonds. The fourth-order valence-corrected chi connectivity index (χ4v) is 1.21. The summed E-state index contributed by atoms with van der Waals surface area (Å²) in [5, 5.41) is 5.31. The number of carbonyl (C=O) groups excluding carboxylic acids is 2. The van der Waals surface area contributed by atoms with E-state index in [1.807, 2.05) is 6.92 Å². The molecule has 0 aromatic carbocycles. The minimum absolute atomic E-state index is 0.221. The lowest BCUT2D eigenvalue weighted by Crippen LogP contribution is -2.66. The summed E-state index contributed by atoms with van der Waals surface area (Å²) in [6, 6.07) is -0.238. The third kappa shape index (κ3) is 1.48. The van der Waals surface area contributed by atoms with Crippen molar-refractivity contribution in [1.82, 2.24) is 10.6 Å². The first-order valence-corrected chi connectivity index (χ1v) is 4.10. The van der Waals surface area contributed by atoms with E-state index < -0.39 is 5.54 Å². The Morgan fingerprint density at radius 2 is 2.00 bits per heavy atom. The molecule has 1 aliphatic heterocycles. The van der Waals surface area contributed by atoms with Crippen molar-refractivity contribution >= 4 is 11.8 Å². The Labute approximate surface area is 71.7 Å². The van der Waals surface area contributed by atoms with Crippen molar-refractivity contribution in [2.24, 2.45) is 0 Å². The number of piperazine rings is 1. The molecule has 0 unspecified atom stereocenters. The average Bonchev–Trinajstić information content (AvgIpc) is 1.97. The predicted molar refractivity (Wildman–Crippen MR) is 44.4 cm³/mol. The Hall–Kier alpha value is -0.900. The van der Waals surface area contributed by atoms with Crippen LogP contribution < -0.4 is 10.6 Å². The van der Waals surface area contributed by atoms with Crippen molar-refractivity contribution < 1.29 is 9.59 Å².